The first kappa shape index (κ1) is 29.8. The summed E-state index contributed by atoms with van der Waals surface area (Å²) in [5.41, 5.74) is 5.74. The Morgan fingerprint density at radius 2 is 0.946 bits per heavy atom. The first-order valence-electron chi connectivity index (χ1n) is 10.8. The Balaban J connectivity index is 0.00000190. The average Bonchev–Trinajstić information content (AvgIpc) is 3.18. The van der Waals surface area contributed by atoms with E-state index in [-0.39, 0.29) is 114 Å². The number of carbonyl (C=O) groups is 2. The predicted molar refractivity (Wildman–Crippen MR) is 128 cm³/mol. The number of carbonyl (C=O) groups excluding carboxylic acids is 2. The third-order valence-electron chi connectivity index (χ3n) is 6.58. The van der Waals surface area contributed by atoms with E-state index in [1.54, 1.807) is 24.3 Å². The van der Waals surface area contributed by atoms with Crippen LogP contribution in [0.5, 0.6) is 0 Å². The molecule has 0 N–H and O–H groups in total. The standard InChI is InChI=1S/C31H18O4.2K/c1-3-19-5-15-25-26-16-6-20(4-2)18-28(26)31(27(25)17-19,23-11-7-21(8-12-23)29(32)33)24-13-9-22(10-14-24)30(34)35;;/h1-2,5-18H,(H,32,33)(H,34,35);;/q;2*+1/p-2. The second kappa shape index (κ2) is 11.9. The normalized spacial score (nSPS) is 11.9. The van der Waals surface area contributed by atoms with E-state index >= 15 is 0 Å². The number of hydrogen-bond acceptors (Lipinski definition) is 4. The Morgan fingerprint density at radius 3 is 1.24 bits per heavy atom. The minimum Gasteiger partial charge on any atom is -0.545 e. The molecule has 37 heavy (non-hydrogen) atoms. The molecule has 0 bridgehead atoms. The van der Waals surface area contributed by atoms with Crippen LogP contribution in [0.25, 0.3) is 11.1 Å². The van der Waals surface area contributed by atoms with Gasteiger partial charge in [-0.25, -0.2) is 0 Å². The van der Waals surface area contributed by atoms with Crippen molar-refractivity contribution in [3.8, 4) is 35.8 Å². The van der Waals surface area contributed by atoms with Crippen molar-refractivity contribution in [1.29, 1.82) is 0 Å². The molecule has 1 aliphatic carbocycles. The number of aromatic carboxylic acids is 2. The van der Waals surface area contributed by atoms with Crippen LogP contribution in [0.4, 0.5) is 0 Å². The fourth-order valence-electron chi connectivity index (χ4n) is 5.00. The molecule has 0 unspecified atom stereocenters. The number of hydrogen-bond donors (Lipinski definition) is 0. The maximum atomic E-state index is 11.4. The zero-order valence-electron chi connectivity index (χ0n) is 20.4. The summed E-state index contributed by atoms with van der Waals surface area (Å²) in [6.45, 7) is 0. The largest absolute Gasteiger partial charge is 1.00 e. The molecule has 0 radical (unpaired) electrons. The minimum absolute atomic E-state index is 0. The Bertz CT molecular complexity index is 1480. The Hall–Kier alpha value is -1.79. The molecule has 4 nitrogen and oxygen atoms in total. The SMILES string of the molecule is C#Cc1ccc2c(c1)C(c1ccc(C(=O)[O-])cc1)(c1ccc(C(=O)[O-])cc1)c1cc(C#C)ccc1-2.[K+].[K+]. The van der Waals surface area contributed by atoms with Crippen LogP contribution in [0.3, 0.4) is 0 Å². The summed E-state index contributed by atoms with van der Waals surface area (Å²) in [7, 11) is 0. The van der Waals surface area contributed by atoms with E-state index in [4.69, 9.17) is 12.8 Å². The van der Waals surface area contributed by atoms with Crippen molar-refractivity contribution >= 4 is 11.9 Å². The molecule has 0 atom stereocenters. The van der Waals surface area contributed by atoms with E-state index in [2.05, 4.69) is 11.8 Å². The van der Waals surface area contributed by atoms with Gasteiger partial charge in [-0.15, -0.1) is 12.8 Å². The van der Waals surface area contributed by atoms with Crippen molar-refractivity contribution in [2.75, 3.05) is 0 Å². The van der Waals surface area contributed by atoms with Crippen LogP contribution >= 0.6 is 0 Å². The molecule has 0 saturated heterocycles. The topological polar surface area (TPSA) is 80.3 Å². The number of terminal acetylenes is 2. The molecule has 0 saturated carbocycles. The summed E-state index contributed by atoms with van der Waals surface area (Å²) in [5.74, 6) is 2.83. The van der Waals surface area contributed by atoms with Gasteiger partial charge in [-0.3, -0.25) is 0 Å². The van der Waals surface area contributed by atoms with Gasteiger partial charge in [0.1, 0.15) is 0 Å². The molecular weight excluding hydrogens is 515 g/mol. The Morgan fingerprint density at radius 1 is 0.595 bits per heavy atom. The quantitative estimate of drug-likeness (QED) is 0.181. The van der Waals surface area contributed by atoms with Crippen molar-refractivity contribution in [2.24, 2.45) is 0 Å². The van der Waals surface area contributed by atoms with E-state index in [0.717, 1.165) is 33.4 Å². The average molecular weight is 531 g/mol. The third-order valence-corrected chi connectivity index (χ3v) is 6.58. The van der Waals surface area contributed by atoms with Crippen molar-refractivity contribution in [3.63, 3.8) is 0 Å². The fraction of sp³-hybridized carbons (Fsp3) is 0.0323. The minimum atomic E-state index is -1.28. The van der Waals surface area contributed by atoms with E-state index in [9.17, 15) is 19.8 Å². The van der Waals surface area contributed by atoms with Crippen LogP contribution in [-0.4, -0.2) is 11.9 Å². The van der Waals surface area contributed by atoms with Gasteiger partial charge in [-0.05, 0) is 68.8 Å². The van der Waals surface area contributed by atoms with E-state index in [1.165, 1.54) is 24.3 Å². The maximum absolute atomic E-state index is 11.4. The zero-order chi connectivity index (χ0) is 24.7. The summed E-state index contributed by atoms with van der Waals surface area (Å²) in [6, 6.07) is 24.5. The maximum Gasteiger partial charge on any atom is 1.00 e. The monoisotopic (exact) mass is 530 g/mol. The van der Waals surface area contributed by atoms with Crippen LogP contribution in [0.15, 0.2) is 84.9 Å². The molecule has 0 heterocycles. The smallest absolute Gasteiger partial charge is 0.545 e. The first-order chi connectivity index (χ1) is 16.9. The summed E-state index contributed by atoms with van der Waals surface area (Å²) < 4.78 is 0. The van der Waals surface area contributed by atoms with Crippen LogP contribution in [0.1, 0.15) is 54.1 Å². The second-order valence-corrected chi connectivity index (χ2v) is 8.29. The summed E-state index contributed by atoms with van der Waals surface area (Å²) in [4.78, 5) is 22.9. The van der Waals surface area contributed by atoms with Crippen molar-refractivity contribution in [2.45, 2.75) is 5.41 Å². The van der Waals surface area contributed by atoms with Gasteiger partial charge in [-0.2, -0.15) is 0 Å². The van der Waals surface area contributed by atoms with Crippen molar-refractivity contribution < 1.29 is 123 Å². The van der Waals surface area contributed by atoms with Gasteiger partial charge in [-0.1, -0.05) is 72.5 Å². The second-order valence-electron chi connectivity index (χ2n) is 8.29. The number of carboxylic acid groups (broad SMARTS) is 2. The van der Waals surface area contributed by atoms with E-state index < -0.39 is 17.4 Å². The molecule has 0 fully saturated rings. The van der Waals surface area contributed by atoms with Gasteiger partial charge in [0.2, 0.25) is 0 Å². The molecule has 166 valence electrons. The summed E-state index contributed by atoms with van der Waals surface area (Å²) >= 11 is 0. The molecule has 0 aromatic heterocycles. The molecule has 0 amide bonds. The van der Waals surface area contributed by atoms with Gasteiger partial charge in [0.25, 0.3) is 0 Å². The number of fused-ring (bicyclic) bond motifs is 3. The molecular formula is C31H16K2O4. The van der Waals surface area contributed by atoms with Gasteiger partial charge in [0, 0.05) is 11.1 Å². The fourth-order valence-corrected chi connectivity index (χ4v) is 5.00. The molecule has 6 heteroatoms. The molecule has 4 aromatic carbocycles. The van der Waals surface area contributed by atoms with Gasteiger partial charge >= 0.3 is 103 Å². The third kappa shape index (κ3) is 5.01. The van der Waals surface area contributed by atoms with Crippen molar-refractivity contribution in [1.82, 2.24) is 0 Å². The zero-order valence-corrected chi connectivity index (χ0v) is 26.6. The summed E-state index contributed by atoms with van der Waals surface area (Å²) in [5, 5.41) is 22.9. The van der Waals surface area contributed by atoms with Crippen LogP contribution < -0.4 is 113 Å². The van der Waals surface area contributed by atoms with Crippen LogP contribution in [0.2, 0.25) is 0 Å². The Labute approximate surface area is 300 Å². The predicted octanol–water partition coefficient (Wildman–Crippen LogP) is -3.25. The molecule has 4 aromatic rings. The Kier molecular flexibility index (Phi) is 9.61. The number of carboxylic acids is 2. The molecule has 0 aliphatic heterocycles. The van der Waals surface area contributed by atoms with E-state index in [0.29, 0.717) is 11.1 Å². The first-order valence-corrected chi connectivity index (χ1v) is 10.8. The van der Waals surface area contributed by atoms with Gasteiger partial charge < -0.3 is 19.8 Å². The number of benzene rings is 4. The molecule has 5 rings (SSSR count). The number of rotatable bonds is 4. The molecule has 0 spiro atoms. The van der Waals surface area contributed by atoms with Crippen LogP contribution in [-0.2, 0) is 5.41 Å². The molecule has 1 aliphatic rings. The van der Waals surface area contributed by atoms with Gasteiger partial charge in [0.05, 0.1) is 17.4 Å². The van der Waals surface area contributed by atoms with E-state index in [1.807, 2.05) is 36.4 Å². The van der Waals surface area contributed by atoms with Gasteiger partial charge in [0.15, 0.2) is 0 Å². The van der Waals surface area contributed by atoms with Crippen molar-refractivity contribution in [3.05, 3.63) is 129 Å². The van der Waals surface area contributed by atoms with Crippen LogP contribution in [0, 0.1) is 24.7 Å². The summed E-state index contributed by atoms with van der Waals surface area (Å²) in [6.07, 6.45) is 11.5.